The third-order valence-electron chi connectivity index (χ3n) is 4.67. The lowest BCUT2D eigenvalue weighted by Crippen LogP contribution is -2.52. The van der Waals surface area contributed by atoms with Gasteiger partial charge in [0, 0.05) is 63.4 Å². The number of anilines is 2. The molecule has 29 heavy (non-hydrogen) atoms. The van der Waals surface area contributed by atoms with Crippen molar-refractivity contribution in [3.8, 4) is 0 Å². The first-order chi connectivity index (χ1) is 14.1. The molecule has 10 heteroatoms. The Morgan fingerprint density at radius 2 is 1.97 bits per heavy atom. The van der Waals surface area contributed by atoms with Crippen LogP contribution in [0.5, 0.6) is 0 Å². The number of carbonyl (C=O) groups excluding carboxylic acids is 1. The maximum Gasteiger partial charge on any atom is 0.411 e. The third kappa shape index (κ3) is 5.57. The number of guanidine groups is 1. The molecule has 0 spiro atoms. The lowest BCUT2D eigenvalue weighted by Gasteiger charge is -2.36. The number of ether oxygens (including phenoxy) is 1. The highest BCUT2D eigenvalue weighted by Crippen LogP contribution is 2.19. The third-order valence-corrected chi connectivity index (χ3v) is 5.49. The lowest BCUT2D eigenvalue weighted by molar-refractivity contribution is 0.187. The van der Waals surface area contributed by atoms with Gasteiger partial charge in [-0.05, 0) is 17.7 Å². The zero-order valence-corrected chi connectivity index (χ0v) is 17.8. The highest BCUT2D eigenvalue weighted by molar-refractivity contribution is 7.09. The van der Waals surface area contributed by atoms with Crippen molar-refractivity contribution >= 4 is 34.4 Å². The van der Waals surface area contributed by atoms with Gasteiger partial charge in [0.1, 0.15) is 5.82 Å². The molecule has 0 aliphatic carbocycles. The van der Waals surface area contributed by atoms with Gasteiger partial charge >= 0.3 is 6.09 Å². The number of benzene rings is 1. The van der Waals surface area contributed by atoms with E-state index in [9.17, 15) is 4.79 Å². The molecule has 2 heterocycles. The number of aromatic nitrogens is 2. The van der Waals surface area contributed by atoms with Crippen LogP contribution < -0.4 is 15.5 Å². The van der Waals surface area contributed by atoms with E-state index in [1.807, 2.05) is 24.3 Å². The molecule has 1 aromatic heterocycles. The monoisotopic (exact) mass is 417 g/mol. The fourth-order valence-electron chi connectivity index (χ4n) is 3.01. The highest BCUT2D eigenvalue weighted by atomic mass is 32.1. The average Bonchev–Trinajstić information content (AvgIpc) is 3.25. The Labute approximate surface area is 175 Å². The smallest absolute Gasteiger partial charge is 0.411 e. The molecule has 0 saturated carbocycles. The molecule has 2 aromatic rings. The van der Waals surface area contributed by atoms with Gasteiger partial charge in [-0.15, -0.1) is 0 Å². The second-order valence-corrected chi connectivity index (χ2v) is 7.27. The minimum atomic E-state index is -0.477. The number of nitrogens with zero attached hydrogens (tertiary/aromatic N) is 5. The number of carbonyl (C=O) groups is 1. The van der Waals surface area contributed by atoms with Crippen molar-refractivity contribution < 1.29 is 9.53 Å². The van der Waals surface area contributed by atoms with E-state index >= 15 is 0 Å². The number of piperazine rings is 1. The Balaban J connectivity index is 1.49. The summed E-state index contributed by atoms with van der Waals surface area (Å²) in [6.45, 7) is 6.27. The number of hydrogen-bond donors (Lipinski definition) is 2. The molecule has 1 aliphatic heterocycles. The summed E-state index contributed by atoms with van der Waals surface area (Å²) in [6.07, 6.45) is 0.391. The van der Waals surface area contributed by atoms with Crippen LogP contribution in [0.25, 0.3) is 0 Å². The summed E-state index contributed by atoms with van der Waals surface area (Å²) in [5.41, 5.74) is 1.80. The van der Waals surface area contributed by atoms with Crippen LogP contribution in [0.4, 0.5) is 15.6 Å². The fraction of sp³-hybridized carbons (Fsp3) is 0.474. The van der Waals surface area contributed by atoms with Gasteiger partial charge in [0.15, 0.2) is 5.96 Å². The number of rotatable bonds is 5. The number of aliphatic imine (C=N–C) groups is 1. The first-order valence-electron chi connectivity index (χ1n) is 9.60. The molecule has 0 unspecified atom stereocenters. The van der Waals surface area contributed by atoms with E-state index in [-0.39, 0.29) is 0 Å². The topological polar surface area (TPSA) is 95.0 Å². The van der Waals surface area contributed by atoms with Crippen molar-refractivity contribution in [1.29, 1.82) is 0 Å². The first kappa shape index (κ1) is 20.8. The second-order valence-electron chi connectivity index (χ2n) is 6.54. The van der Waals surface area contributed by atoms with E-state index in [4.69, 9.17) is 0 Å². The van der Waals surface area contributed by atoms with Crippen molar-refractivity contribution in [2.24, 2.45) is 4.99 Å². The summed E-state index contributed by atoms with van der Waals surface area (Å²) in [4.78, 5) is 24.8. The Hall–Kier alpha value is -2.88. The van der Waals surface area contributed by atoms with Crippen LogP contribution in [0, 0.1) is 0 Å². The highest BCUT2D eigenvalue weighted by Gasteiger charge is 2.22. The summed E-state index contributed by atoms with van der Waals surface area (Å²) in [6, 6.07) is 7.62. The molecular weight excluding hydrogens is 390 g/mol. The molecule has 1 fully saturated rings. The van der Waals surface area contributed by atoms with Crippen molar-refractivity contribution in [2.45, 2.75) is 19.9 Å². The summed E-state index contributed by atoms with van der Waals surface area (Å²) in [5, 5.41) is 7.06. The zero-order valence-electron chi connectivity index (χ0n) is 17.0. The Morgan fingerprint density at radius 3 is 2.55 bits per heavy atom. The molecule has 1 saturated heterocycles. The number of hydrogen-bond acceptors (Lipinski definition) is 7. The van der Waals surface area contributed by atoms with Crippen LogP contribution in [-0.2, 0) is 17.7 Å². The number of aryl methyl sites for hydroxylation is 1. The van der Waals surface area contributed by atoms with E-state index in [2.05, 4.69) is 46.4 Å². The van der Waals surface area contributed by atoms with E-state index in [1.165, 1.54) is 18.6 Å². The van der Waals surface area contributed by atoms with Gasteiger partial charge < -0.3 is 19.9 Å². The predicted molar refractivity (Wildman–Crippen MR) is 116 cm³/mol. The summed E-state index contributed by atoms with van der Waals surface area (Å²) >= 11 is 1.48. The molecule has 0 radical (unpaired) electrons. The summed E-state index contributed by atoms with van der Waals surface area (Å²) in [7, 11) is 3.14. The van der Waals surface area contributed by atoms with Gasteiger partial charge in [-0.1, -0.05) is 19.1 Å². The SMILES string of the molecule is CCc1nsc(N2CCN(C(=NC)NCc3ccc(NC(=O)OC)cc3)CC2)n1. The molecule has 9 nitrogen and oxygen atoms in total. The van der Waals surface area contributed by atoms with Gasteiger partial charge in [-0.3, -0.25) is 10.3 Å². The molecule has 156 valence electrons. The quantitative estimate of drug-likeness (QED) is 0.569. The van der Waals surface area contributed by atoms with E-state index < -0.39 is 6.09 Å². The van der Waals surface area contributed by atoms with Crippen molar-refractivity contribution in [2.75, 3.05) is 50.6 Å². The molecule has 0 bridgehead atoms. The van der Waals surface area contributed by atoms with Gasteiger partial charge in [0.2, 0.25) is 5.13 Å². The minimum Gasteiger partial charge on any atom is -0.453 e. The molecule has 0 atom stereocenters. The number of nitrogens with one attached hydrogen (secondary N) is 2. The first-order valence-corrected chi connectivity index (χ1v) is 10.4. The van der Waals surface area contributed by atoms with Gasteiger partial charge in [0.25, 0.3) is 0 Å². The lowest BCUT2D eigenvalue weighted by atomic mass is 10.2. The number of amides is 1. The average molecular weight is 418 g/mol. The Bertz CT molecular complexity index is 829. The second kappa shape index (κ2) is 10.1. The van der Waals surface area contributed by atoms with Crippen LogP contribution in [0.3, 0.4) is 0 Å². The molecule has 3 rings (SSSR count). The van der Waals surface area contributed by atoms with Crippen LogP contribution in [0.15, 0.2) is 29.3 Å². The summed E-state index contributed by atoms with van der Waals surface area (Å²) in [5.74, 6) is 1.80. The van der Waals surface area contributed by atoms with E-state index in [1.54, 1.807) is 7.05 Å². The van der Waals surface area contributed by atoms with Gasteiger partial charge in [-0.2, -0.15) is 4.37 Å². The van der Waals surface area contributed by atoms with Gasteiger partial charge in [0.05, 0.1) is 7.11 Å². The van der Waals surface area contributed by atoms with Crippen LogP contribution in [-0.4, -0.2) is 66.6 Å². The van der Waals surface area contributed by atoms with E-state index in [0.717, 1.165) is 55.1 Å². The van der Waals surface area contributed by atoms with Crippen LogP contribution in [0.1, 0.15) is 18.3 Å². The van der Waals surface area contributed by atoms with Crippen LogP contribution >= 0.6 is 11.5 Å². The largest absolute Gasteiger partial charge is 0.453 e. The van der Waals surface area contributed by atoms with Crippen LogP contribution in [0.2, 0.25) is 0 Å². The summed E-state index contributed by atoms with van der Waals surface area (Å²) < 4.78 is 8.97. The molecule has 1 aromatic carbocycles. The normalized spacial score (nSPS) is 14.7. The maximum atomic E-state index is 11.2. The molecule has 1 aliphatic rings. The molecule has 2 N–H and O–H groups in total. The number of methoxy groups -OCH3 is 1. The standard InChI is InChI=1S/C19H27N7O2S/c1-4-16-23-18(29-24-16)26-11-9-25(10-12-26)17(20-2)21-13-14-5-7-15(8-6-14)22-19(27)28-3/h5-8H,4,9-13H2,1-3H3,(H,20,21)(H,22,27). The zero-order chi connectivity index (χ0) is 20.6. The van der Waals surface area contributed by atoms with E-state index in [0.29, 0.717) is 12.2 Å². The Morgan fingerprint density at radius 1 is 1.24 bits per heavy atom. The molecular formula is C19H27N7O2S. The van der Waals surface area contributed by atoms with Crippen molar-refractivity contribution in [3.63, 3.8) is 0 Å². The maximum absolute atomic E-state index is 11.2. The fourth-order valence-corrected chi connectivity index (χ4v) is 3.82. The Kier molecular flexibility index (Phi) is 7.23. The van der Waals surface area contributed by atoms with Crippen molar-refractivity contribution in [3.05, 3.63) is 35.7 Å². The minimum absolute atomic E-state index is 0.477. The molecule has 1 amide bonds. The predicted octanol–water partition coefficient (Wildman–Crippen LogP) is 2.18. The van der Waals surface area contributed by atoms with Crippen molar-refractivity contribution in [1.82, 2.24) is 19.6 Å². The van der Waals surface area contributed by atoms with Gasteiger partial charge in [-0.25, -0.2) is 9.78 Å².